The quantitative estimate of drug-likeness (QED) is 0.616. The van der Waals surface area contributed by atoms with E-state index in [9.17, 15) is 15.2 Å². The van der Waals surface area contributed by atoms with Gasteiger partial charge in [-0.2, -0.15) is 0 Å². The van der Waals surface area contributed by atoms with Crippen molar-refractivity contribution in [2.45, 2.75) is 19.8 Å². The third-order valence-corrected chi connectivity index (χ3v) is 3.60. The lowest BCUT2D eigenvalue weighted by atomic mass is 10.1. The van der Waals surface area contributed by atoms with Crippen molar-refractivity contribution in [1.82, 2.24) is 0 Å². The van der Waals surface area contributed by atoms with Crippen molar-refractivity contribution >= 4 is 17.1 Å². The molecular weight excluding hydrogens is 258 g/mol. The van der Waals surface area contributed by atoms with E-state index in [0.29, 0.717) is 0 Å². The van der Waals surface area contributed by atoms with Crippen LogP contribution in [0.1, 0.15) is 19.8 Å². The topological polar surface area (TPSA) is 78.6 Å². The average molecular weight is 279 g/mol. The van der Waals surface area contributed by atoms with Crippen LogP contribution in [0.2, 0.25) is 0 Å². The standard InChI is InChI=1S/C14H21N3O3/c1-2-4-15-12-6-13(8-14(7-12)17(19)20)16-5-3-11(9-16)10-18/h6-8,11,15,18H,2-5,9-10H2,1H3. The van der Waals surface area contributed by atoms with E-state index in [2.05, 4.69) is 17.1 Å². The minimum atomic E-state index is -0.361. The number of aliphatic hydroxyl groups is 1. The molecule has 0 saturated carbocycles. The van der Waals surface area contributed by atoms with Gasteiger partial charge in [0.15, 0.2) is 0 Å². The van der Waals surface area contributed by atoms with Crippen molar-refractivity contribution in [1.29, 1.82) is 0 Å². The molecule has 0 aliphatic carbocycles. The van der Waals surface area contributed by atoms with Crippen molar-refractivity contribution in [3.05, 3.63) is 28.3 Å². The maximum Gasteiger partial charge on any atom is 0.273 e. The molecule has 6 nitrogen and oxygen atoms in total. The predicted octanol–water partition coefficient (Wildman–Crippen LogP) is 2.24. The second-order valence-electron chi connectivity index (χ2n) is 5.21. The highest BCUT2D eigenvalue weighted by Gasteiger charge is 2.23. The molecule has 2 rings (SSSR count). The molecule has 1 atom stereocenters. The Morgan fingerprint density at radius 2 is 2.30 bits per heavy atom. The molecule has 110 valence electrons. The molecule has 0 bridgehead atoms. The predicted molar refractivity (Wildman–Crippen MR) is 79.3 cm³/mol. The lowest BCUT2D eigenvalue weighted by molar-refractivity contribution is -0.384. The minimum Gasteiger partial charge on any atom is -0.396 e. The first kappa shape index (κ1) is 14.6. The number of nitro benzene ring substituents is 1. The van der Waals surface area contributed by atoms with Crippen LogP contribution < -0.4 is 10.2 Å². The van der Waals surface area contributed by atoms with Crippen LogP contribution in [0.25, 0.3) is 0 Å². The Morgan fingerprint density at radius 1 is 1.50 bits per heavy atom. The van der Waals surface area contributed by atoms with Crippen LogP contribution in [0.3, 0.4) is 0 Å². The average Bonchev–Trinajstić information content (AvgIpc) is 2.93. The van der Waals surface area contributed by atoms with Gasteiger partial charge in [0.2, 0.25) is 0 Å². The highest BCUT2D eigenvalue weighted by Crippen LogP contribution is 2.30. The summed E-state index contributed by atoms with van der Waals surface area (Å²) in [6.07, 6.45) is 1.89. The summed E-state index contributed by atoms with van der Waals surface area (Å²) in [5, 5.41) is 23.4. The first-order valence-corrected chi connectivity index (χ1v) is 7.03. The van der Waals surface area contributed by atoms with Gasteiger partial charge in [-0.1, -0.05) is 6.92 Å². The van der Waals surface area contributed by atoms with E-state index < -0.39 is 0 Å². The van der Waals surface area contributed by atoms with Gasteiger partial charge in [-0.3, -0.25) is 10.1 Å². The lowest BCUT2D eigenvalue weighted by Gasteiger charge is -2.19. The number of nitrogens with zero attached hydrogens (tertiary/aromatic N) is 2. The monoisotopic (exact) mass is 279 g/mol. The molecule has 1 fully saturated rings. The van der Waals surface area contributed by atoms with Crippen LogP contribution in [0.4, 0.5) is 17.1 Å². The molecule has 0 spiro atoms. The van der Waals surface area contributed by atoms with Gasteiger partial charge in [0, 0.05) is 55.7 Å². The van der Waals surface area contributed by atoms with Crippen LogP contribution in [-0.2, 0) is 0 Å². The van der Waals surface area contributed by atoms with Crippen LogP contribution in [0.5, 0.6) is 0 Å². The number of non-ortho nitro benzene ring substituents is 1. The second kappa shape index (κ2) is 6.56. The van der Waals surface area contributed by atoms with E-state index >= 15 is 0 Å². The molecule has 6 heteroatoms. The minimum absolute atomic E-state index is 0.105. The van der Waals surface area contributed by atoms with Gasteiger partial charge in [-0.25, -0.2) is 0 Å². The van der Waals surface area contributed by atoms with Crippen LogP contribution in [0, 0.1) is 16.0 Å². The van der Waals surface area contributed by atoms with Crippen molar-refractivity contribution < 1.29 is 10.0 Å². The maximum absolute atomic E-state index is 11.0. The first-order valence-electron chi connectivity index (χ1n) is 7.03. The highest BCUT2D eigenvalue weighted by molar-refractivity contribution is 5.64. The van der Waals surface area contributed by atoms with Crippen molar-refractivity contribution in [2.75, 3.05) is 36.5 Å². The molecule has 1 aliphatic rings. The summed E-state index contributed by atoms with van der Waals surface area (Å²) in [4.78, 5) is 12.8. The van der Waals surface area contributed by atoms with Gasteiger partial charge in [0.25, 0.3) is 5.69 Å². The number of benzene rings is 1. The summed E-state index contributed by atoms with van der Waals surface area (Å²) in [5.74, 6) is 0.265. The molecular formula is C14H21N3O3. The van der Waals surface area contributed by atoms with Crippen LogP contribution >= 0.6 is 0 Å². The Morgan fingerprint density at radius 3 is 2.90 bits per heavy atom. The number of hydrogen-bond donors (Lipinski definition) is 2. The molecule has 1 aliphatic heterocycles. The number of nitrogens with one attached hydrogen (secondary N) is 1. The van der Waals surface area contributed by atoms with Gasteiger partial charge in [-0.05, 0) is 18.9 Å². The van der Waals surface area contributed by atoms with Crippen molar-refractivity contribution in [3.63, 3.8) is 0 Å². The molecule has 1 heterocycles. The van der Waals surface area contributed by atoms with E-state index in [1.165, 1.54) is 0 Å². The van der Waals surface area contributed by atoms with E-state index in [4.69, 9.17) is 0 Å². The Hall–Kier alpha value is -1.82. The SMILES string of the molecule is CCCNc1cc(N2CCC(CO)C2)cc([N+](=O)[O-])c1. The highest BCUT2D eigenvalue weighted by atomic mass is 16.6. The maximum atomic E-state index is 11.0. The lowest BCUT2D eigenvalue weighted by Crippen LogP contribution is -2.20. The second-order valence-corrected chi connectivity index (χ2v) is 5.21. The summed E-state index contributed by atoms with van der Waals surface area (Å²) >= 11 is 0. The third kappa shape index (κ3) is 3.39. The Balaban J connectivity index is 2.22. The van der Waals surface area contributed by atoms with Crippen molar-refractivity contribution in [3.8, 4) is 0 Å². The number of aliphatic hydroxyl groups excluding tert-OH is 1. The summed E-state index contributed by atoms with van der Waals surface area (Å²) in [6, 6.07) is 5.12. The van der Waals surface area contributed by atoms with Gasteiger partial charge >= 0.3 is 0 Å². The molecule has 1 saturated heterocycles. The summed E-state index contributed by atoms with van der Waals surface area (Å²) in [6.45, 7) is 4.61. The van der Waals surface area contributed by atoms with Gasteiger partial charge in [-0.15, -0.1) is 0 Å². The fraction of sp³-hybridized carbons (Fsp3) is 0.571. The molecule has 1 aromatic rings. The zero-order valence-corrected chi connectivity index (χ0v) is 11.7. The van der Waals surface area contributed by atoms with E-state index in [0.717, 1.165) is 43.9 Å². The Kier molecular flexibility index (Phi) is 4.79. The van der Waals surface area contributed by atoms with Gasteiger partial charge in [0.1, 0.15) is 0 Å². The fourth-order valence-corrected chi connectivity index (χ4v) is 2.47. The van der Waals surface area contributed by atoms with E-state index in [1.807, 2.05) is 6.07 Å². The molecule has 0 aromatic heterocycles. The van der Waals surface area contributed by atoms with Crippen LogP contribution in [-0.4, -0.2) is 36.3 Å². The fourth-order valence-electron chi connectivity index (χ4n) is 2.47. The number of rotatable bonds is 6. The number of hydrogen-bond acceptors (Lipinski definition) is 5. The Bertz CT molecular complexity index is 479. The summed E-state index contributed by atoms with van der Waals surface area (Å²) < 4.78 is 0. The molecule has 1 aromatic carbocycles. The van der Waals surface area contributed by atoms with Gasteiger partial charge in [0.05, 0.1) is 4.92 Å². The molecule has 2 N–H and O–H groups in total. The van der Waals surface area contributed by atoms with E-state index in [1.54, 1.807) is 12.1 Å². The summed E-state index contributed by atoms with van der Waals surface area (Å²) in [7, 11) is 0. The summed E-state index contributed by atoms with van der Waals surface area (Å²) in [5.41, 5.74) is 1.74. The molecule has 0 amide bonds. The number of anilines is 2. The first-order chi connectivity index (χ1) is 9.63. The molecule has 0 radical (unpaired) electrons. The normalized spacial score (nSPS) is 18.3. The van der Waals surface area contributed by atoms with Crippen LogP contribution in [0.15, 0.2) is 18.2 Å². The van der Waals surface area contributed by atoms with Crippen molar-refractivity contribution in [2.24, 2.45) is 5.92 Å². The largest absolute Gasteiger partial charge is 0.396 e. The zero-order valence-electron chi connectivity index (χ0n) is 11.7. The number of nitro groups is 1. The zero-order chi connectivity index (χ0) is 14.5. The third-order valence-electron chi connectivity index (χ3n) is 3.60. The smallest absolute Gasteiger partial charge is 0.273 e. The molecule has 1 unspecified atom stereocenters. The molecule has 20 heavy (non-hydrogen) atoms. The Labute approximate surface area is 118 Å². The van der Waals surface area contributed by atoms with Gasteiger partial charge < -0.3 is 15.3 Å². The van der Waals surface area contributed by atoms with E-state index in [-0.39, 0.29) is 23.1 Å².